The monoisotopic (exact) mass is 299 g/mol. The number of aromatic hydroxyl groups is 1. The summed E-state index contributed by atoms with van der Waals surface area (Å²) in [5, 5.41) is 19.3. The van der Waals surface area contributed by atoms with Gasteiger partial charge in [0.25, 0.3) is 0 Å². The highest BCUT2D eigenvalue weighted by Gasteiger charge is 2.84. The minimum atomic E-state index is -0.776. The van der Waals surface area contributed by atoms with Gasteiger partial charge in [0.05, 0.1) is 5.41 Å². The number of phenols is 1. The van der Waals surface area contributed by atoms with Gasteiger partial charge in [-0.25, -0.2) is 0 Å². The fourth-order valence-corrected chi connectivity index (χ4v) is 3.08. The highest BCUT2D eigenvalue weighted by atomic mass is 16.5. The largest absolute Gasteiger partial charge is 0.508 e. The van der Waals surface area contributed by atoms with Gasteiger partial charge in [-0.15, -0.1) is 0 Å². The van der Waals surface area contributed by atoms with Gasteiger partial charge in [0.1, 0.15) is 17.3 Å². The van der Waals surface area contributed by atoms with E-state index in [-0.39, 0.29) is 17.6 Å². The Hall–Kier alpha value is -2.56. The van der Waals surface area contributed by atoms with Crippen molar-refractivity contribution < 1.29 is 19.7 Å². The third kappa shape index (κ3) is 2.09. The number of benzene rings is 1. The van der Waals surface area contributed by atoms with Crippen LogP contribution in [0.3, 0.4) is 0 Å². The van der Waals surface area contributed by atoms with Gasteiger partial charge >= 0.3 is 5.97 Å². The number of ether oxygens (including phenoxy) is 1. The Balaban J connectivity index is 1.81. The SMILES string of the molecule is C=N/C=C\C(=C/C)Oc1ccc(O)c(C2C3CC32C(=O)O)c1. The average Bonchev–Trinajstić information content (AvgIpc) is 3.36. The number of carbonyl (C=O) groups is 1. The third-order valence-electron chi connectivity index (χ3n) is 4.50. The van der Waals surface area contributed by atoms with Crippen molar-refractivity contribution in [1.29, 1.82) is 0 Å². The summed E-state index contributed by atoms with van der Waals surface area (Å²) in [5.41, 5.74) is 0.00376. The van der Waals surface area contributed by atoms with E-state index >= 15 is 0 Å². The van der Waals surface area contributed by atoms with Gasteiger partial charge in [0, 0.05) is 17.7 Å². The number of hydrogen-bond donors (Lipinski definition) is 2. The summed E-state index contributed by atoms with van der Waals surface area (Å²) in [7, 11) is 0. The quantitative estimate of drug-likeness (QED) is 0.480. The van der Waals surface area contributed by atoms with Crippen LogP contribution in [-0.4, -0.2) is 22.9 Å². The standard InChI is InChI=1S/C17H17NO4/c1-3-10(6-7-18-2)22-11-4-5-14(19)12(8-11)15-13-9-17(13,15)16(20)21/h3-8,13,15,19H,2,9H2,1H3,(H,20,21)/b7-6-,10-3+. The smallest absolute Gasteiger partial charge is 0.310 e. The van der Waals surface area contributed by atoms with E-state index in [0.29, 0.717) is 23.5 Å². The van der Waals surface area contributed by atoms with Crippen LogP contribution in [0, 0.1) is 11.3 Å². The molecule has 2 N–H and O–H groups in total. The van der Waals surface area contributed by atoms with Crippen molar-refractivity contribution in [2.75, 3.05) is 0 Å². The maximum atomic E-state index is 11.3. The van der Waals surface area contributed by atoms with Crippen molar-refractivity contribution in [1.82, 2.24) is 0 Å². The molecular formula is C17H17NO4. The molecule has 0 aromatic heterocycles. The van der Waals surface area contributed by atoms with E-state index in [4.69, 9.17) is 4.74 Å². The Morgan fingerprint density at radius 1 is 1.55 bits per heavy atom. The molecule has 2 aliphatic rings. The minimum Gasteiger partial charge on any atom is -0.508 e. The molecule has 2 saturated carbocycles. The average molecular weight is 299 g/mol. The van der Waals surface area contributed by atoms with Gasteiger partial charge in [-0.2, -0.15) is 0 Å². The molecule has 114 valence electrons. The van der Waals surface area contributed by atoms with Crippen molar-refractivity contribution in [3.8, 4) is 11.5 Å². The molecule has 22 heavy (non-hydrogen) atoms. The number of nitrogens with zero attached hydrogens (tertiary/aromatic N) is 1. The summed E-state index contributed by atoms with van der Waals surface area (Å²) in [6.45, 7) is 5.19. The molecule has 0 radical (unpaired) electrons. The van der Waals surface area contributed by atoms with Crippen LogP contribution >= 0.6 is 0 Å². The molecule has 2 fully saturated rings. The maximum absolute atomic E-state index is 11.3. The second-order valence-corrected chi connectivity index (χ2v) is 5.65. The zero-order valence-corrected chi connectivity index (χ0v) is 12.2. The molecule has 0 amide bonds. The van der Waals surface area contributed by atoms with Crippen molar-refractivity contribution in [2.45, 2.75) is 19.3 Å². The minimum absolute atomic E-state index is 0.104. The number of carboxylic acids is 1. The number of aliphatic imine (C=N–C) groups is 1. The van der Waals surface area contributed by atoms with Crippen LogP contribution in [0.25, 0.3) is 0 Å². The molecule has 0 bridgehead atoms. The summed E-state index contributed by atoms with van der Waals surface area (Å²) in [6, 6.07) is 4.91. The Bertz CT molecular complexity index is 707. The highest BCUT2D eigenvalue weighted by Crippen LogP contribution is 2.85. The van der Waals surface area contributed by atoms with Gasteiger partial charge in [0.15, 0.2) is 0 Å². The van der Waals surface area contributed by atoms with Gasteiger partial charge in [-0.3, -0.25) is 9.79 Å². The van der Waals surface area contributed by atoms with E-state index in [1.807, 2.05) is 6.92 Å². The summed E-state index contributed by atoms with van der Waals surface area (Å²) >= 11 is 0. The molecular weight excluding hydrogens is 282 g/mol. The molecule has 0 heterocycles. The number of aliphatic carboxylic acids is 1. The molecule has 3 rings (SSSR count). The van der Waals surface area contributed by atoms with E-state index in [0.717, 1.165) is 0 Å². The van der Waals surface area contributed by atoms with Crippen LogP contribution in [0.1, 0.15) is 24.8 Å². The number of phenolic OH excluding ortho intramolecular Hbond substituents is 1. The van der Waals surface area contributed by atoms with Crippen molar-refractivity contribution in [2.24, 2.45) is 16.3 Å². The Labute approximate surface area is 128 Å². The molecule has 0 saturated heterocycles. The predicted molar refractivity (Wildman–Crippen MR) is 82.1 cm³/mol. The van der Waals surface area contributed by atoms with Crippen LogP contribution < -0.4 is 4.74 Å². The van der Waals surface area contributed by atoms with Gasteiger partial charge in [-0.05, 0) is 56.3 Å². The molecule has 0 aliphatic heterocycles. The van der Waals surface area contributed by atoms with Crippen molar-refractivity contribution in [3.63, 3.8) is 0 Å². The lowest BCUT2D eigenvalue weighted by Gasteiger charge is -2.13. The van der Waals surface area contributed by atoms with Crippen LogP contribution in [0.4, 0.5) is 0 Å². The second kappa shape index (κ2) is 5.02. The summed E-state index contributed by atoms with van der Waals surface area (Å²) in [5.74, 6) is 0.544. The maximum Gasteiger partial charge on any atom is 0.310 e. The van der Waals surface area contributed by atoms with Crippen molar-refractivity contribution in [3.05, 3.63) is 47.9 Å². The Morgan fingerprint density at radius 2 is 2.32 bits per heavy atom. The summed E-state index contributed by atoms with van der Waals surface area (Å²) < 4.78 is 5.71. The lowest BCUT2D eigenvalue weighted by Crippen LogP contribution is -2.10. The van der Waals surface area contributed by atoms with Gasteiger partial charge < -0.3 is 14.9 Å². The predicted octanol–water partition coefficient (Wildman–Crippen LogP) is 3.08. The number of allylic oxidation sites excluding steroid dienone is 2. The van der Waals surface area contributed by atoms with Crippen LogP contribution in [-0.2, 0) is 4.79 Å². The normalized spacial score (nSPS) is 29.0. The summed E-state index contributed by atoms with van der Waals surface area (Å²) in [4.78, 5) is 14.9. The molecule has 2 aliphatic carbocycles. The van der Waals surface area contributed by atoms with Gasteiger partial charge in [-0.1, -0.05) is 0 Å². The zero-order valence-electron chi connectivity index (χ0n) is 12.2. The molecule has 3 atom stereocenters. The number of fused-ring (bicyclic) bond motifs is 1. The number of hydrogen-bond acceptors (Lipinski definition) is 4. The molecule has 5 nitrogen and oxygen atoms in total. The van der Waals surface area contributed by atoms with E-state index in [2.05, 4.69) is 11.7 Å². The van der Waals surface area contributed by atoms with E-state index < -0.39 is 11.4 Å². The molecule has 3 unspecified atom stereocenters. The molecule has 1 aromatic carbocycles. The molecule has 1 aromatic rings. The van der Waals surface area contributed by atoms with E-state index in [1.54, 1.807) is 30.4 Å². The van der Waals surface area contributed by atoms with E-state index in [9.17, 15) is 15.0 Å². The fourth-order valence-electron chi connectivity index (χ4n) is 3.08. The Morgan fingerprint density at radius 3 is 2.86 bits per heavy atom. The van der Waals surface area contributed by atoms with Crippen LogP contribution in [0.15, 0.2) is 47.3 Å². The molecule has 5 heteroatoms. The van der Waals surface area contributed by atoms with Crippen molar-refractivity contribution >= 4 is 12.7 Å². The first-order chi connectivity index (χ1) is 10.5. The first kappa shape index (κ1) is 14.4. The molecule has 0 spiro atoms. The van der Waals surface area contributed by atoms with Gasteiger partial charge in [0.2, 0.25) is 0 Å². The number of carboxylic acid groups (broad SMARTS) is 1. The van der Waals surface area contributed by atoms with Crippen LogP contribution in [0.5, 0.6) is 11.5 Å². The number of rotatable bonds is 6. The fraction of sp³-hybridized carbons (Fsp3) is 0.294. The lowest BCUT2D eigenvalue weighted by molar-refractivity contribution is -0.141. The summed E-state index contributed by atoms with van der Waals surface area (Å²) in [6.07, 6.45) is 5.67. The topological polar surface area (TPSA) is 79.1 Å². The first-order valence-electron chi connectivity index (χ1n) is 7.07. The highest BCUT2D eigenvalue weighted by molar-refractivity contribution is 5.87. The lowest BCUT2D eigenvalue weighted by atomic mass is 9.96. The third-order valence-corrected chi connectivity index (χ3v) is 4.50. The first-order valence-corrected chi connectivity index (χ1v) is 7.07. The van der Waals surface area contributed by atoms with Crippen LogP contribution in [0.2, 0.25) is 0 Å². The zero-order chi connectivity index (χ0) is 15.9. The van der Waals surface area contributed by atoms with E-state index in [1.165, 1.54) is 6.20 Å². The second-order valence-electron chi connectivity index (χ2n) is 5.65. The Kier molecular flexibility index (Phi) is 3.28.